The second-order valence-electron chi connectivity index (χ2n) is 3.34. The molecule has 0 aromatic carbocycles. The van der Waals surface area contributed by atoms with Gasteiger partial charge in [-0.05, 0) is 12.8 Å². The first-order valence-electron chi connectivity index (χ1n) is 4.51. The smallest absolute Gasteiger partial charge is 0.140 e. The zero-order valence-corrected chi connectivity index (χ0v) is 7.45. The summed E-state index contributed by atoms with van der Waals surface area (Å²) in [6.45, 7) is 0.977. The molecule has 70 valence electrons. The van der Waals surface area contributed by atoms with E-state index in [-0.39, 0.29) is 5.84 Å². The van der Waals surface area contributed by atoms with Gasteiger partial charge in [-0.25, -0.2) is 0 Å². The van der Waals surface area contributed by atoms with Gasteiger partial charge in [-0.1, -0.05) is 0 Å². The Kier molecular flexibility index (Phi) is 2.00. The van der Waals surface area contributed by atoms with E-state index in [2.05, 4.69) is 14.8 Å². The van der Waals surface area contributed by atoms with Crippen LogP contribution in [0.5, 0.6) is 0 Å². The van der Waals surface area contributed by atoms with Crippen molar-refractivity contribution in [2.24, 2.45) is 5.73 Å². The molecule has 1 aromatic heterocycles. The van der Waals surface area contributed by atoms with E-state index in [9.17, 15) is 0 Å². The van der Waals surface area contributed by atoms with E-state index in [1.54, 1.807) is 0 Å². The van der Waals surface area contributed by atoms with E-state index in [0.29, 0.717) is 6.42 Å². The van der Waals surface area contributed by atoms with Crippen molar-refractivity contribution in [3.8, 4) is 0 Å². The average molecular weight is 179 g/mol. The van der Waals surface area contributed by atoms with Gasteiger partial charge >= 0.3 is 0 Å². The number of aromatic nitrogens is 3. The fraction of sp³-hybridized carbons (Fsp3) is 0.625. The number of aryl methyl sites for hydroxylation is 1. The van der Waals surface area contributed by atoms with Crippen molar-refractivity contribution in [2.75, 3.05) is 0 Å². The molecule has 5 heteroatoms. The highest BCUT2D eigenvalue weighted by atomic mass is 15.3. The molecule has 0 amide bonds. The van der Waals surface area contributed by atoms with E-state index in [4.69, 9.17) is 11.1 Å². The number of rotatable bonds is 2. The fourth-order valence-electron chi connectivity index (χ4n) is 1.67. The largest absolute Gasteiger partial charge is 0.387 e. The van der Waals surface area contributed by atoms with Crippen molar-refractivity contribution in [2.45, 2.75) is 32.2 Å². The normalized spacial score (nSPS) is 15.4. The van der Waals surface area contributed by atoms with Gasteiger partial charge in [0.1, 0.15) is 11.6 Å². The lowest BCUT2D eigenvalue weighted by molar-refractivity contribution is 0.512. The Hall–Kier alpha value is -1.39. The van der Waals surface area contributed by atoms with Gasteiger partial charge in [0, 0.05) is 13.0 Å². The summed E-state index contributed by atoms with van der Waals surface area (Å²) >= 11 is 0. The summed E-state index contributed by atoms with van der Waals surface area (Å²) in [4.78, 5) is 0. The minimum Gasteiger partial charge on any atom is -0.387 e. The van der Waals surface area contributed by atoms with Crippen LogP contribution in [-0.2, 0) is 19.4 Å². The first-order chi connectivity index (χ1) is 6.27. The molecule has 2 rings (SSSR count). The van der Waals surface area contributed by atoms with Crippen molar-refractivity contribution in [3.05, 3.63) is 11.6 Å². The van der Waals surface area contributed by atoms with Gasteiger partial charge in [-0.15, -0.1) is 10.2 Å². The fourth-order valence-corrected chi connectivity index (χ4v) is 1.67. The van der Waals surface area contributed by atoms with Crippen molar-refractivity contribution < 1.29 is 0 Å². The molecule has 0 saturated heterocycles. The lowest BCUT2D eigenvalue weighted by Crippen LogP contribution is -2.19. The zero-order chi connectivity index (χ0) is 9.26. The second kappa shape index (κ2) is 3.16. The molecule has 0 spiro atoms. The Labute approximate surface area is 76.5 Å². The molecule has 0 fully saturated rings. The highest BCUT2D eigenvalue weighted by molar-refractivity contribution is 5.78. The summed E-state index contributed by atoms with van der Waals surface area (Å²) in [7, 11) is 0. The molecule has 1 aliphatic heterocycles. The predicted molar refractivity (Wildman–Crippen MR) is 48.6 cm³/mol. The van der Waals surface area contributed by atoms with Crippen molar-refractivity contribution >= 4 is 5.84 Å². The minimum atomic E-state index is 0.153. The molecule has 0 unspecified atom stereocenters. The maximum absolute atomic E-state index is 7.18. The predicted octanol–water partition coefficient (Wildman–Crippen LogP) is 0.0929. The van der Waals surface area contributed by atoms with Crippen LogP contribution < -0.4 is 5.73 Å². The Bertz CT molecular complexity index is 327. The van der Waals surface area contributed by atoms with Gasteiger partial charge in [-0.3, -0.25) is 5.41 Å². The standard InChI is InChI=1S/C8H13N5/c9-6(10)5-8-12-11-7-3-1-2-4-13(7)8/h1-5H2,(H3,9,10). The number of fused-ring (bicyclic) bond motifs is 1. The van der Waals surface area contributed by atoms with Crippen LogP contribution in [0.15, 0.2) is 0 Å². The molecule has 2 heterocycles. The van der Waals surface area contributed by atoms with E-state index in [1.807, 2.05) is 0 Å². The van der Waals surface area contributed by atoms with Crippen LogP contribution in [0.2, 0.25) is 0 Å². The number of hydrogen-bond acceptors (Lipinski definition) is 3. The number of hydrogen-bond donors (Lipinski definition) is 2. The van der Waals surface area contributed by atoms with Gasteiger partial charge in [0.2, 0.25) is 0 Å². The summed E-state index contributed by atoms with van der Waals surface area (Å²) < 4.78 is 2.09. The summed E-state index contributed by atoms with van der Waals surface area (Å²) in [5, 5.41) is 15.3. The van der Waals surface area contributed by atoms with Crippen LogP contribution in [0.4, 0.5) is 0 Å². The SMILES string of the molecule is N=C(N)Cc1nnc2n1CCCC2. The monoisotopic (exact) mass is 179 g/mol. The minimum absolute atomic E-state index is 0.153. The number of nitrogens with zero attached hydrogens (tertiary/aromatic N) is 3. The molecular weight excluding hydrogens is 166 g/mol. The second-order valence-corrected chi connectivity index (χ2v) is 3.34. The Balaban J connectivity index is 2.26. The summed E-state index contributed by atoms with van der Waals surface area (Å²) in [5.41, 5.74) is 5.32. The Morgan fingerprint density at radius 1 is 1.46 bits per heavy atom. The lowest BCUT2D eigenvalue weighted by atomic mass is 10.1. The first kappa shape index (κ1) is 8.22. The highest BCUT2D eigenvalue weighted by Gasteiger charge is 2.15. The molecule has 0 aliphatic carbocycles. The maximum Gasteiger partial charge on any atom is 0.140 e. The van der Waals surface area contributed by atoms with E-state index < -0.39 is 0 Å². The van der Waals surface area contributed by atoms with Gasteiger partial charge in [-0.2, -0.15) is 0 Å². The van der Waals surface area contributed by atoms with E-state index in [0.717, 1.165) is 24.6 Å². The summed E-state index contributed by atoms with van der Waals surface area (Å²) in [5.74, 6) is 2.03. The number of amidine groups is 1. The Morgan fingerprint density at radius 2 is 2.31 bits per heavy atom. The van der Waals surface area contributed by atoms with E-state index >= 15 is 0 Å². The van der Waals surface area contributed by atoms with Gasteiger partial charge in [0.15, 0.2) is 0 Å². The molecule has 3 N–H and O–H groups in total. The summed E-state index contributed by atoms with van der Waals surface area (Å²) in [6, 6.07) is 0. The third-order valence-corrected chi connectivity index (χ3v) is 2.28. The number of nitrogens with one attached hydrogen (secondary N) is 1. The average Bonchev–Trinajstić information content (AvgIpc) is 2.48. The summed E-state index contributed by atoms with van der Waals surface area (Å²) in [6.07, 6.45) is 3.80. The molecule has 13 heavy (non-hydrogen) atoms. The third-order valence-electron chi connectivity index (χ3n) is 2.28. The van der Waals surface area contributed by atoms with Gasteiger partial charge in [0.05, 0.1) is 12.3 Å². The van der Waals surface area contributed by atoms with Crippen molar-refractivity contribution in [3.63, 3.8) is 0 Å². The van der Waals surface area contributed by atoms with Crippen LogP contribution in [-0.4, -0.2) is 20.6 Å². The molecule has 0 saturated carbocycles. The zero-order valence-electron chi connectivity index (χ0n) is 7.45. The van der Waals surface area contributed by atoms with Crippen LogP contribution in [0.1, 0.15) is 24.5 Å². The Morgan fingerprint density at radius 3 is 3.08 bits per heavy atom. The quantitative estimate of drug-likeness (QED) is 0.499. The van der Waals surface area contributed by atoms with Crippen LogP contribution in [0, 0.1) is 5.41 Å². The van der Waals surface area contributed by atoms with Crippen LogP contribution in [0.3, 0.4) is 0 Å². The van der Waals surface area contributed by atoms with Crippen molar-refractivity contribution in [1.29, 1.82) is 5.41 Å². The third kappa shape index (κ3) is 1.54. The molecule has 5 nitrogen and oxygen atoms in total. The van der Waals surface area contributed by atoms with Crippen LogP contribution in [0.25, 0.3) is 0 Å². The molecule has 1 aromatic rings. The van der Waals surface area contributed by atoms with Crippen molar-refractivity contribution in [1.82, 2.24) is 14.8 Å². The molecule has 0 bridgehead atoms. The van der Waals surface area contributed by atoms with Crippen LogP contribution >= 0.6 is 0 Å². The molecule has 0 radical (unpaired) electrons. The molecule has 1 aliphatic rings. The first-order valence-corrected chi connectivity index (χ1v) is 4.51. The van der Waals surface area contributed by atoms with Gasteiger partial charge in [0.25, 0.3) is 0 Å². The molecule has 0 atom stereocenters. The lowest BCUT2D eigenvalue weighted by Gasteiger charge is -2.14. The molecular formula is C8H13N5. The topological polar surface area (TPSA) is 80.6 Å². The van der Waals surface area contributed by atoms with Gasteiger partial charge < -0.3 is 10.3 Å². The van der Waals surface area contributed by atoms with E-state index in [1.165, 1.54) is 12.8 Å². The highest BCUT2D eigenvalue weighted by Crippen LogP contribution is 2.14. The maximum atomic E-state index is 7.18. The number of nitrogens with two attached hydrogens (primary N) is 1.